The van der Waals surface area contributed by atoms with E-state index in [1.165, 1.54) is 6.07 Å². The van der Waals surface area contributed by atoms with Crippen LogP contribution >= 0.6 is 23.2 Å². The highest BCUT2D eigenvalue weighted by molar-refractivity contribution is 6.37. The largest absolute Gasteiger partial charge is 0.500 e. The van der Waals surface area contributed by atoms with Crippen LogP contribution in [0.25, 0.3) is 0 Å². The Hall–Kier alpha value is -1.59. The van der Waals surface area contributed by atoms with Crippen molar-refractivity contribution in [3.8, 4) is 0 Å². The minimum atomic E-state index is -1.40. The fourth-order valence-corrected chi connectivity index (χ4v) is 1.99. The van der Waals surface area contributed by atoms with E-state index in [2.05, 4.69) is 4.98 Å². The van der Waals surface area contributed by atoms with Crippen molar-refractivity contribution in [2.45, 2.75) is 13.8 Å². The number of aryl methyl sites for hydroxylation is 1. The second-order valence-corrected chi connectivity index (χ2v) is 4.29. The number of nitrogens with zero attached hydrogens (tertiary/aromatic N) is 1. The maximum atomic E-state index is 12.1. The molecule has 0 spiro atoms. The second-order valence-electron chi connectivity index (χ2n) is 3.55. The average Bonchev–Trinajstić information content (AvgIpc) is 2.27. The predicted molar refractivity (Wildman–Crippen MR) is 70.7 cm³/mol. The van der Waals surface area contributed by atoms with Crippen molar-refractivity contribution >= 4 is 35.0 Å². The monoisotopic (exact) mass is 303 g/mol. The molecule has 19 heavy (non-hydrogen) atoms. The summed E-state index contributed by atoms with van der Waals surface area (Å²) in [5.41, 5.74) is -0.0750. The Morgan fingerprint density at radius 3 is 2.58 bits per heavy atom. The summed E-state index contributed by atoms with van der Waals surface area (Å²) in [5, 5.41) is 9.00. The number of hydrogen-bond acceptors (Lipinski definition) is 4. The lowest BCUT2D eigenvalue weighted by Crippen LogP contribution is -2.15. The molecule has 0 saturated heterocycles. The highest BCUT2D eigenvalue weighted by atomic mass is 35.5. The molecule has 0 radical (unpaired) electrons. The fraction of sp³-hybridized carbons (Fsp3) is 0.250. The van der Waals surface area contributed by atoms with Crippen LogP contribution in [0.4, 0.5) is 0 Å². The van der Waals surface area contributed by atoms with Gasteiger partial charge in [-0.05, 0) is 25.5 Å². The summed E-state index contributed by atoms with van der Waals surface area (Å²) in [4.78, 5) is 26.9. The van der Waals surface area contributed by atoms with E-state index in [4.69, 9.17) is 33.0 Å². The molecule has 0 unspecified atom stereocenters. The van der Waals surface area contributed by atoms with Gasteiger partial charge in [0.1, 0.15) is 22.1 Å². The van der Waals surface area contributed by atoms with Crippen molar-refractivity contribution in [1.29, 1.82) is 0 Å². The molecule has 102 valence electrons. The van der Waals surface area contributed by atoms with Gasteiger partial charge >= 0.3 is 5.97 Å². The molecular formula is C12H11Cl2NO4. The van der Waals surface area contributed by atoms with Crippen molar-refractivity contribution in [2.24, 2.45) is 0 Å². The molecule has 0 aliphatic carbocycles. The summed E-state index contributed by atoms with van der Waals surface area (Å²) in [6, 6.07) is 1.43. The summed E-state index contributed by atoms with van der Waals surface area (Å²) in [6.45, 7) is 3.50. The first-order valence-corrected chi connectivity index (χ1v) is 6.06. The zero-order chi connectivity index (χ0) is 14.6. The molecule has 0 aromatic carbocycles. The molecule has 1 rings (SSSR count). The van der Waals surface area contributed by atoms with E-state index in [0.29, 0.717) is 5.56 Å². The summed E-state index contributed by atoms with van der Waals surface area (Å²) >= 11 is 11.5. The van der Waals surface area contributed by atoms with Gasteiger partial charge in [0.15, 0.2) is 0 Å². The van der Waals surface area contributed by atoms with Crippen molar-refractivity contribution < 1.29 is 19.4 Å². The Morgan fingerprint density at radius 1 is 1.47 bits per heavy atom. The molecule has 1 N–H and O–H groups in total. The van der Waals surface area contributed by atoms with E-state index in [1.807, 2.05) is 0 Å². The van der Waals surface area contributed by atoms with Gasteiger partial charge in [-0.2, -0.15) is 0 Å². The Kier molecular flexibility index (Phi) is 5.32. The molecule has 0 amide bonds. The van der Waals surface area contributed by atoms with E-state index in [0.717, 1.165) is 6.26 Å². The van der Waals surface area contributed by atoms with Crippen LogP contribution in [0.3, 0.4) is 0 Å². The Balaban J connectivity index is 3.29. The Labute approximate surface area is 119 Å². The smallest absolute Gasteiger partial charge is 0.342 e. The number of aliphatic carboxylic acids is 1. The minimum Gasteiger partial charge on any atom is -0.500 e. The first-order chi connectivity index (χ1) is 8.88. The van der Waals surface area contributed by atoms with Gasteiger partial charge in [0.05, 0.1) is 12.2 Å². The van der Waals surface area contributed by atoms with Gasteiger partial charge in [0, 0.05) is 0 Å². The quantitative estimate of drug-likeness (QED) is 0.226. The fourth-order valence-electron chi connectivity index (χ4n) is 1.37. The topological polar surface area (TPSA) is 76.5 Å². The summed E-state index contributed by atoms with van der Waals surface area (Å²) < 4.78 is 4.85. The third kappa shape index (κ3) is 3.68. The number of carboxylic acids is 1. The third-order valence-corrected chi connectivity index (χ3v) is 2.68. The number of ketones is 1. The van der Waals surface area contributed by atoms with Gasteiger partial charge in [-0.15, -0.1) is 0 Å². The van der Waals surface area contributed by atoms with Gasteiger partial charge in [-0.25, -0.2) is 9.78 Å². The number of carbonyl (C=O) groups is 2. The maximum Gasteiger partial charge on any atom is 0.342 e. The summed E-state index contributed by atoms with van der Waals surface area (Å²) in [6.07, 6.45) is 0.898. The number of carbonyl (C=O) groups excluding carboxylic acids is 1. The van der Waals surface area contributed by atoms with Crippen molar-refractivity contribution in [2.75, 3.05) is 6.61 Å². The Bertz CT molecular complexity index is 532. The number of halogens is 2. The van der Waals surface area contributed by atoms with Gasteiger partial charge in [0.2, 0.25) is 5.78 Å². The molecule has 0 aliphatic rings. The molecule has 7 heteroatoms. The molecule has 1 aromatic rings. The van der Waals surface area contributed by atoms with Gasteiger partial charge < -0.3 is 9.84 Å². The number of rotatable bonds is 5. The van der Waals surface area contributed by atoms with Crippen molar-refractivity contribution in [1.82, 2.24) is 4.98 Å². The van der Waals surface area contributed by atoms with Crippen LogP contribution in [0.2, 0.25) is 10.3 Å². The van der Waals surface area contributed by atoms with Gasteiger partial charge in [-0.1, -0.05) is 23.2 Å². The number of Topliss-reactive ketones (excluding diaryl/α,β-unsaturated/α-hetero) is 1. The molecule has 0 fully saturated rings. The standard InChI is InChI=1S/C12H11Cl2NO4/c1-3-19-5-7(12(17)18)10(16)9-6(2)4-8(13)15-11(9)14/h4-5H,3H2,1-2H3,(H,17,18)/b7-5+. The van der Waals surface area contributed by atoms with E-state index in [1.54, 1.807) is 13.8 Å². The number of carboxylic acid groups (broad SMARTS) is 1. The minimum absolute atomic E-state index is 0.000537. The molecule has 0 bridgehead atoms. The molecule has 1 heterocycles. The van der Waals surface area contributed by atoms with Crippen LogP contribution in [0.1, 0.15) is 22.8 Å². The van der Waals surface area contributed by atoms with E-state index in [-0.39, 0.29) is 22.5 Å². The van der Waals surface area contributed by atoms with Crippen molar-refractivity contribution in [3.05, 3.63) is 39.3 Å². The van der Waals surface area contributed by atoms with E-state index < -0.39 is 17.3 Å². The lowest BCUT2D eigenvalue weighted by Gasteiger charge is -2.08. The normalized spacial score (nSPS) is 11.3. The Morgan fingerprint density at radius 2 is 2.11 bits per heavy atom. The molecule has 0 aliphatic heterocycles. The van der Waals surface area contributed by atoms with Gasteiger partial charge in [-0.3, -0.25) is 4.79 Å². The molecule has 0 saturated carbocycles. The lowest BCUT2D eigenvalue weighted by atomic mass is 10.0. The van der Waals surface area contributed by atoms with Crippen molar-refractivity contribution in [3.63, 3.8) is 0 Å². The first kappa shape index (κ1) is 15.5. The number of aromatic nitrogens is 1. The molecule has 0 atom stereocenters. The van der Waals surface area contributed by atoms with E-state index in [9.17, 15) is 9.59 Å². The highest BCUT2D eigenvalue weighted by Crippen LogP contribution is 2.24. The maximum absolute atomic E-state index is 12.1. The van der Waals surface area contributed by atoms with Crippen LogP contribution in [-0.4, -0.2) is 28.4 Å². The number of ether oxygens (including phenoxy) is 1. The van der Waals surface area contributed by atoms with Crippen LogP contribution in [-0.2, 0) is 9.53 Å². The van der Waals surface area contributed by atoms with Crippen LogP contribution in [0, 0.1) is 6.92 Å². The molecule has 5 nitrogen and oxygen atoms in total. The summed E-state index contributed by atoms with van der Waals surface area (Å²) in [5.74, 6) is -2.17. The van der Waals surface area contributed by atoms with Crippen LogP contribution in [0.15, 0.2) is 17.9 Å². The molecule has 1 aromatic heterocycles. The second kappa shape index (κ2) is 6.54. The predicted octanol–water partition coefficient (Wildman–Crippen LogP) is 2.88. The van der Waals surface area contributed by atoms with Gasteiger partial charge in [0.25, 0.3) is 0 Å². The van der Waals surface area contributed by atoms with Crippen LogP contribution in [0.5, 0.6) is 0 Å². The SMILES string of the molecule is CCO/C=C(/C(=O)O)C(=O)c1c(C)cc(Cl)nc1Cl. The van der Waals surface area contributed by atoms with Crippen LogP contribution < -0.4 is 0 Å². The average molecular weight is 304 g/mol. The zero-order valence-electron chi connectivity index (χ0n) is 10.2. The molecular weight excluding hydrogens is 293 g/mol. The highest BCUT2D eigenvalue weighted by Gasteiger charge is 2.24. The lowest BCUT2D eigenvalue weighted by molar-refractivity contribution is -0.132. The third-order valence-electron chi connectivity index (χ3n) is 2.21. The number of pyridine rings is 1. The number of hydrogen-bond donors (Lipinski definition) is 1. The van der Waals surface area contributed by atoms with E-state index >= 15 is 0 Å². The first-order valence-electron chi connectivity index (χ1n) is 5.30. The zero-order valence-corrected chi connectivity index (χ0v) is 11.7. The summed E-state index contributed by atoms with van der Waals surface area (Å²) in [7, 11) is 0.